The van der Waals surface area contributed by atoms with E-state index < -0.39 is 0 Å². The lowest BCUT2D eigenvalue weighted by atomic mass is 9.88. The minimum atomic E-state index is -0.362. The quantitative estimate of drug-likeness (QED) is 0.855. The van der Waals surface area contributed by atoms with Gasteiger partial charge in [-0.15, -0.1) is 0 Å². The van der Waals surface area contributed by atoms with Gasteiger partial charge in [-0.1, -0.05) is 6.07 Å². The van der Waals surface area contributed by atoms with Crippen molar-refractivity contribution in [2.24, 2.45) is 0 Å². The molecular formula is C15H17FN2O. The van der Waals surface area contributed by atoms with Gasteiger partial charge in [0.05, 0.1) is 5.39 Å². The fourth-order valence-corrected chi connectivity index (χ4v) is 2.91. The Labute approximate surface area is 111 Å². The monoisotopic (exact) mass is 260 g/mol. The van der Waals surface area contributed by atoms with Crippen LogP contribution in [0.5, 0.6) is 0 Å². The van der Waals surface area contributed by atoms with Gasteiger partial charge in [0.2, 0.25) is 0 Å². The Bertz CT molecular complexity index is 657. The first kappa shape index (κ1) is 12.4. The maximum atomic E-state index is 13.3. The van der Waals surface area contributed by atoms with E-state index in [4.69, 9.17) is 0 Å². The number of nitrogens with zero attached hydrogens (tertiary/aromatic N) is 1. The second-order valence-electron chi connectivity index (χ2n) is 5.34. The molecule has 0 unspecified atom stereocenters. The fraction of sp³-hybridized carbons (Fsp3) is 0.400. The molecule has 0 spiro atoms. The highest BCUT2D eigenvalue weighted by molar-refractivity contribution is 5.85. The molecule has 1 aromatic carbocycles. The highest BCUT2D eigenvalue weighted by atomic mass is 19.1. The van der Waals surface area contributed by atoms with E-state index in [1.54, 1.807) is 12.3 Å². The van der Waals surface area contributed by atoms with E-state index in [2.05, 4.69) is 16.9 Å². The van der Waals surface area contributed by atoms with Crippen molar-refractivity contribution in [1.82, 2.24) is 9.88 Å². The molecule has 0 radical (unpaired) electrons. The molecule has 2 heterocycles. The third-order valence-corrected chi connectivity index (χ3v) is 4.05. The summed E-state index contributed by atoms with van der Waals surface area (Å²) in [5.41, 5.74) is 0.925. The number of likely N-dealkylation sites (tertiary alicyclic amines) is 1. The van der Waals surface area contributed by atoms with Crippen LogP contribution in [0.15, 0.2) is 29.2 Å². The first-order valence-corrected chi connectivity index (χ1v) is 6.64. The molecule has 4 heteroatoms. The summed E-state index contributed by atoms with van der Waals surface area (Å²) in [5, 5.41) is 1.34. The molecule has 0 aliphatic carbocycles. The van der Waals surface area contributed by atoms with Crippen LogP contribution in [0.3, 0.4) is 0 Å². The van der Waals surface area contributed by atoms with Crippen LogP contribution in [0.2, 0.25) is 0 Å². The minimum Gasteiger partial charge on any atom is -0.328 e. The number of aromatic nitrogens is 1. The van der Waals surface area contributed by atoms with Gasteiger partial charge in [-0.25, -0.2) is 4.39 Å². The van der Waals surface area contributed by atoms with Crippen molar-refractivity contribution < 1.29 is 4.39 Å². The van der Waals surface area contributed by atoms with Gasteiger partial charge in [0.15, 0.2) is 0 Å². The molecule has 0 saturated carbocycles. The number of pyridine rings is 1. The summed E-state index contributed by atoms with van der Waals surface area (Å²) in [7, 11) is 2.12. The first-order valence-electron chi connectivity index (χ1n) is 6.64. The summed E-state index contributed by atoms with van der Waals surface area (Å²) in [6.45, 7) is 2.12. The van der Waals surface area contributed by atoms with Crippen molar-refractivity contribution >= 4 is 10.8 Å². The van der Waals surface area contributed by atoms with Crippen LogP contribution < -0.4 is 5.56 Å². The Balaban J connectivity index is 2.09. The SMILES string of the molecule is CN1CCC(c2c[nH]c(=O)c3cc(F)ccc23)CC1. The van der Waals surface area contributed by atoms with Crippen molar-refractivity contribution in [3.63, 3.8) is 0 Å². The molecule has 3 rings (SSSR count). The third-order valence-electron chi connectivity index (χ3n) is 4.05. The molecule has 1 aromatic heterocycles. The Hall–Kier alpha value is -1.68. The van der Waals surface area contributed by atoms with E-state index in [9.17, 15) is 9.18 Å². The number of halogens is 1. The van der Waals surface area contributed by atoms with Gasteiger partial charge in [0.25, 0.3) is 5.56 Å². The molecule has 1 fully saturated rings. The van der Waals surface area contributed by atoms with Crippen molar-refractivity contribution in [2.75, 3.05) is 20.1 Å². The summed E-state index contributed by atoms with van der Waals surface area (Å²) in [6, 6.07) is 4.49. The number of aromatic amines is 1. The molecular weight excluding hydrogens is 243 g/mol. The number of hydrogen-bond donors (Lipinski definition) is 1. The molecule has 1 saturated heterocycles. The lowest BCUT2D eigenvalue weighted by Crippen LogP contribution is -2.29. The molecule has 0 atom stereocenters. The summed E-state index contributed by atoms with van der Waals surface area (Å²) in [6.07, 6.45) is 3.96. The van der Waals surface area contributed by atoms with E-state index >= 15 is 0 Å². The number of hydrogen-bond acceptors (Lipinski definition) is 2. The van der Waals surface area contributed by atoms with Gasteiger partial charge < -0.3 is 9.88 Å². The smallest absolute Gasteiger partial charge is 0.255 e. The number of benzene rings is 1. The summed E-state index contributed by atoms with van der Waals surface area (Å²) in [5.74, 6) is 0.0829. The second-order valence-corrected chi connectivity index (χ2v) is 5.34. The average molecular weight is 260 g/mol. The molecule has 1 aliphatic heterocycles. The molecule has 1 aliphatic rings. The van der Waals surface area contributed by atoms with Gasteiger partial charge in [0, 0.05) is 6.20 Å². The van der Waals surface area contributed by atoms with Crippen LogP contribution in [-0.4, -0.2) is 30.0 Å². The highest BCUT2D eigenvalue weighted by Crippen LogP contribution is 2.31. The zero-order valence-corrected chi connectivity index (χ0v) is 10.9. The van der Waals surface area contributed by atoms with Gasteiger partial charge in [-0.3, -0.25) is 4.79 Å². The largest absolute Gasteiger partial charge is 0.328 e. The van der Waals surface area contributed by atoms with Crippen LogP contribution >= 0.6 is 0 Å². The minimum absolute atomic E-state index is 0.217. The van der Waals surface area contributed by atoms with E-state index in [-0.39, 0.29) is 11.4 Å². The van der Waals surface area contributed by atoms with E-state index in [0.29, 0.717) is 11.3 Å². The number of rotatable bonds is 1. The lowest BCUT2D eigenvalue weighted by Gasteiger charge is -2.29. The van der Waals surface area contributed by atoms with Crippen molar-refractivity contribution in [2.45, 2.75) is 18.8 Å². The Morgan fingerprint density at radius 2 is 2.00 bits per heavy atom. The highest BCUT2D eigenvalue weighted by Gasteiger charge is 2.20. The number of fused-ring (bicyclic) bond motifs is 1. The van der Waals surface area contributed by atoms with Crippen molar-refractivity contribution in [3.05, 3.63) is 46.1 Å². The van der Waals surface area contributed by atoms with Crippen molar-refractivity contribution in [1.29, 1.82) is 0 Å². The molecule has 0 amide bonds. The third kappa shape index (κ3) is 2.28. The maximum absolute atomic E-state index is 13.3. The first-order chi connectivity index (χ1) is 9.15. The maximum Gasteiger partial charge on any atom is 0.255 e. The molecule has 1 N–H and O–H groups in total. The average Bonchev–Trinajstić information content (AvgIpc) is 2.41. The van der Waals surface area contributed by atoms with Crippen LogP contribution in [0.25, 0.3) is 10.8 Å². The topological polar surface area (TPSA) is 36.1 Å². The Morgan fingerprint density at radius 3 is 2.74 bits per heavy atom. The van der Waals surface area contributed by atoms with Crippen LogP contribution in [0.1, 0.15) is 24.3 Å². The standard InChI is InChI=1S/C15H17FN2O/c1-18-6-4-10(5-7-18)14-9-17-15(19)13-8-11(16)2-3-12(13)14/h2-3,8-10H,4-7H2,1H3,(H,17,19). The van der Waals surface area contributed by atoms with E-state index in [1.165, 1.54) is 12.1 Å². The number of nitrogens with one attached hydrogen (secondary N) is 1. The fourth-order valence-electron chi connectivity index (χ4n) is 2.91. The second kappa shape index (κ2) is 4.78. The Kier molecular flexibility index (Phi) is 3.11. The van der Waals surface area contributed by atoms with Crippen LogP contribution in [0.4, 0.5) is 4.39 Å². The van der Waals surface area contributed by atoms with Gasteiger partial charge in [0.1, 0.15) is 5.82 Å². The van der Waals surface area contributed by atoms with Crippen molar-refractivity contribution in [3.8, 4) is 0 Å². The van der Waals surface area contributed by atoms with Gasteiger partial charge in [-0.2, -0.15) is 0 Å². The lowest BCUT2D eigenvalue weighted by molar-refractivity contribution is 0.256. The zero-order valence-electron chi connectivity index (χ0n) is 10.9. The molecule has 100 valence electrons. The molecule has 3 nitrogen and oxygen atoms in total. The van der Waals surface area contributed by atoms with Crippen LogP contribution in [-0.2, 0) is 0 Å². The predicted molar refractivity (Wildman–Crippen MR) is 74.0 cm³/mol. The number of piperidine rings is 1. The summed E-state index contributed by atoms with van der Waals surface area (Å²) in [4.78, 5) is 16.8. The summed E-state index contributed by atoms with van der Waals surface area (Å²) >= 11 is 0. The Morgan fingerprint density at radius 1 is 1.26 bits per heavy atom. The molecule has 2 aromatic rings. The van der Waals surface area contributed by atoms with Crippen LogP contribution in [0, 0.1) is 5.82 Å². The van der Waals surface area contributed by atoms with E-state index in [0.717, 1.165) is 36.9 Å². The normalized spacial score (nSPS) is 18.0. The summed E-state index contributed by atoms with van der Waals surface area (Å²) < 4.78 is 13.3. The zero-order chi connectivity index (χ0) is 13.4. The predicted octanol–water partition coefficient (Wildman–Crippen LogP) is 2.48. The van der Waals surface area contributed by atoms with Gasteiger partial charge >= 0.3 is 0 Å². The van der Waals surface area contributed by atoms with E-state index in [1.807, 2.05) is 0 Å². The number of H-pyrrole nitrogens is 1. The molecule has 19 heavy (non-hydrogen) atoms. The van der Waals surface area contributed by atoms with Gasteiger partial charge in [-0.05, 0) is 62.0 Å². The molecule has 0 bridgehead atoms.